The molecule has 17 heavy (non-hydrogen) atoms. The van der Waals surface area contributed by atoms with Gasteiger partial charge >= 0.3 is 0 Å². The maximum absolute atomic E-state index is 11.8. The Hall–Kier alpha value is -1.04. The van der Waals surface area contributed by atoms with Crippen LogP contribution in [0.1, 0.15) is 27.7 Å². The summed E-state index contributed by atoms with van der Waals surface area (Å²) in [5, 5.41) is 2.77. The summed E-state index contributed by atoms with van der Waals surface area (Å²) in [6.07, 6.45) is 0. The smallest absolute Gasteiger partial charge is 0.188 e. The van der Waals surface area contributed by atoms with Crippen molar-refractivity contribution in [3.05, 3.63) is 12.2 Å². The predicted octanol–water partition coefficient (Wildman–Crippen LogP) is 0.680. The summed E-state index contributed by atoms with van der Waals surface area (Å²) in [5.74, 6) is 0.289. The van der Waals surface area contributed by atoms with E-state index in [-0.39, 0.29) is 18.3 Å². The molecule has 0 saturated heterocycles. The van der Waals surface area contributed by atoms with Crippen molar-refractivity contribution in [3.8, 4) is 0 Å². The van der Waals surface area contributed by atoms with Crippen LogP contribution in [0.5, 0.6) is 0 Å². The van der Waals surface area contributed by atoms with Gasteiger partial charge in [0.1, 0.15) is 0 Å². The molecule has 6 heteroatoms. The first kappa shape index (κ1) is 16.0. The normalized spacial score (nSPS) is 13.5. The molecule has 0 aromatic carbocycles. The van der Waals surface area contributed by atoms with Crippen molar-refractivity contribution in [1.29, 1.82) is 0 Å². The Kier molecular flexibility index (Phi) is 5.68. The highest BCUT2D eigenvalue weighted by atomic mass is 32.2. The molecule has 0 aliphatic carbocycles. The molecule has 0 unspecified atom stereocenters. The highest BCUT2D eigenvalue weighted by Gasteiger charge is 2.28. The minimum Gasteiger partial charge on any atom is -0.370 e. The summed E-state index contributed by atoms with van der Waals surface area (Å²) >= 11 is 0. The van der Waals surface area contributed by atoms with Gasteiger partial charge in [0.2, 0.25) is 0 Å². The number of hydrogen-bond donors (Lipinski definition) is 2. The lowest BCUT2D eigenvalue weighted by atomic mass is 10.3. The monoisotopic (exact) mass is 261 g/mol. The van der Waals surface area contributed by atoms with E-state index in [9.17, 15) is 8.42 Å². The number of aliphatic imine (C=N–C) groups is 1. The minimum absolute atomic E-state index is 0.0415. The largest absolute Gasteiger partial charge is 0.370 e. The molecule has 0 saturated carbocycles. The van der Waals surface area contributed by atoms with Crippen LogP contribution in [0.25, 0.3) is 0 Å². The lowest BCUT2D eigenvalue weighted by Gasteiger charge is -2.19. The fraction of sp³-hybridized carbons (Fsp3) is 0.727. The van der Waals surface area contributed by atoms with Gasteiger partial charge in [-0.1, -0.05) is 12.2 Å². The van der Waals surface area contributed by atoms with Crippen LogP contribution in [0.15, 0.2) is 17.1 Å². The van der Waals surface area contributed by atoms with Gasteiger partial charge in [0.15, 0.2) is 15.8 Å². The van der Waals surface area contributed by atoms with Crippen LogP contribution in [0, 0.1) is 0 Å². The number of sulfone groups is 1. The van der Waals surface area contributed by atoms with Crippen LogP contribution in [-0.2, 0) is 9.84 Å². The fourth-order valence-electron chi connectivity index (χ4n) is 0.896. The number of nitrogens with one attached hydrogen (secondary N) is 1. The lowest BCUT2D eigenvalue weighted by molar-refractivity contribution is 0.559. The fourth-order valence-corrected chi connectivity index (χ4v) is 1.88. The number of hydrogen-bond acceptors (Lipinski definition) is 3. The van der Waals surface area contributed by atoms with Gasteiger partial charge in [-0.3, -0.25) is 0 Å². The van der Waals surface area contributed by atoms with Crippen molar-refractivity contribution in [1.82, 2.24) is 5.32 Å². The number of nitrogens with zero attached hydrogens (tertiary/aromatic N) is 1. The molecular weight excluding hydrogens is 238 g/mol. The average Bonchev–Trinajstić information content (AvgIpc) is 2.12. The Balaban J connectivity index is 4.17. The van der Waals surface area contributed by atoms with E-state index in [1.165, 1.54) is 0 Å². The summed E-state index contributed by atoms with van der Waals surface area (Å²) in [6, 6.07) is 0. The van der Waals surface area contributed by atoms with Gasteiger partial charge in [-0.2, -0.15) is 0 Å². The van der Waals surface area contributed by atoms with Crippen LogP contribution in [0.3, 0.4) is 0 Å². The molecule has 5 nitrogen and oxygen atoms in total. The van der Waals surface area contributed by atoms with Crippen molar-refractivity contribution in [2.45, 2.75) is 32.4 Å². The van der Waals surface area contributed by atoms with Crippen molar-refractivity contribution >= 4 is 15.8 Å². The Morgan fingerprint density at radius 2 is 1.94 bits per heavy atom. The summed E-state index contributed by atoms with van der Waals surface area (Å²) in [7, 11) is -3.12. The molecule has 0 atom stereocenters. The lowest BCUT2D eigenvalue weighted by Crippen LogP contribution is -2.39. The molecule has 0 aromatic heterocycles. The van der Waals surface area contributed by atoms with Gasteiger partial charge in [-0.05, 0) is 27.7 Å². The van der Waals surface area contributed by atoms with E-state index >= 15 is 0 Å². The third-order valence-corrected chi connectivity index (χ3v) is 4.74. The zero-order valence-corrected chi connectivity index (χ0v) is 11.9. The summed E-state index contributed by atoms with van der Waals surface area (Å²) in [6.45, 7) is 11.3. The van der Waals surface area contributed by atoms with E-state index in [1.54, 1.807) is 20.8 Å². The molecule has 3 N–H and O–H groups in total. The molecule has 0 aromatic rings. The van der Waals surface area contributed by atoms with E-state index in [4.69, 9.17) is 5.73 Å². The van der Waals surface area contributed by atoms with Crippen LogP contribution < -0.4 is 11.1 Å². The second-order valence-electron chi connectivity index (χ2n) is 5.02. The summed E-state index contributed by atoms with van der Waals surface area (Å²) in [4.78, 5) is 3.99. The van der Waals surface area contributed by atoms with Crippen LogP contribution in [-0.4, -0.2) is 38.0 Å². The molecule has 100 valence electrons. The summed E-state index contributed by atoms with van der Waals surface area (Å²) in [5.41, 5.74) is 6.46. The molecular formula is C11H23N3O2S. The number of guanidine groups is 1. The quantitative estimate of drug-likeness (QED) is 0.433. The Labute approximate surface area is 104 Å². The molecule has 0 aliphatic rings. The first-order valence-corrected chi connectivity index (χ1v) is 7.12. The first-order chi connectivity index (χ1) is 7.56. The van der Waals surface area contributed by atoms with Crippen molar-refractivity contribution in [3.63, 3.8) is 0 Å². The molecule has 0 amide bonds. The van der Waals surface area contributed by atoms with Crippen LogP contribution in [0.2, 0.25) is 0 Å². The molecule has 0 aliphatic heterocycles. The van der Waals surface area contributed by atoms with Crippen molar-refractivity contribution < 1.29 is 8.42 Å². The minimum atomic E-state index is -3.12. The maximum atomic E-state index is 11.8. The van der Waals surface area contributed by atoms with Gasteiger partial charge in [0.05, 0.1) is 17.0 Å². The molecule has 0 rings (SSSR count). The topological polar surface area (TPSA) is 84.5 Å². The third kappa shape index (κ3) is 6.31. The van der Waals surface area contributed by atoms with Crippen LogP contribution in [0.4, 0.5) is 0 Å². The molecule has 0 radical (unpaired) electrons. The van der Waals surface area contributed by atoms with E-state index in [2.05, 4.69) is 16.9 Å². The van der Waals surface area contributed by atoms with Crippen LogP contribution >= 0.6 is 0 Å². The van der Waals surface area contributed by atoms with Gasteiger partial charge in [0, 0.05) is 6.54 Å². The Morgan fingerprint density at radius 1 is 1.41 bits per heavy atom. The van der Waals surface area contributed by atoms with E-state index in [0.717, 1.165) is 5.57 Å². The average molecular weight is 261 g/mol. The Morgan fingerprint density at radius 3 is 2.35 bits per heavy atom. The zero-order valence-electron chi connectivity index (χ0n) is 11.1. The highest BCUT2D eigenvalue weighted by molar-refractivity contribution is 7.92. The van der Waals surface area contributed by atoms with Gasteiger partial charge in [-0.25, -0.2) is 13.4 Å². The van der Waals surface area contributed by atoms with Crippen molar-refractivity contribution in [2.75, 3.05) is 18.8 Å². The summed E-state index contributed by atoms with van der Waals surface area (Å²) < 4.78 is 22.8. The Bertz CT molecular complexity index is 391. The second-order valence-corrected chi connectivity index (χ2v) is 7.88. The van der Waals surface area contributed by atoms with E-state index in [0.29, 0.717) is 6.54 Å². The molecule has 0 bridgehead atoms. The maximum Gasteiger partial charge on any atom is 0.188 e. The van der Waals surface area contributed by atoms with Gasteiger partial charge in [0.25, 0.3) is 0 Å². The molecule has 0 spiro atoms. The SMILES string of the molecule is C=C(C)CN=C(N)NCCS(=O)(=O)C(C)(C)C. The van der Waals surface area contributed by atoms with E-state index < -0.39 is 14.6 Å². The predicted molar refractivity (Wildman–Crippen MR) is 72.8 cm³/mol. The number of nitrogens with two attached hydrogens (primary N) is 1. The second kappa shape index (κ2) is 6.05. The third-order valence-electron chi connectivity index (χ3n) is 2.13. The highest BCUT2D eigenvalue weighted by Crippen LogP contribution is 2.14. The standard InChI is InChI=1S/C11H23N3O2S/c1-9(2)8-14-10(12)13-6-7-17(15,16)11(3,4)5/h1,6-8H2,2-5H3,(H3,12,13,14). The number of rotatable bonds is 5. The molecule has 0 fully saturated rings. The van der Waals surface area contributed by atoms with Gasteiger partial charge in [-0.15, -0.1) is 0 Å². The zero-order chi connectivity index (χ0) is 13.7. The first-order valence-electron chi connectivity index (χ1n) is 5.47. The molecule has 0 heterocycles. The van der Waals surface area contributed by atoms with Crippen molar-refractivity contribution in [2.24, 2.45) is 10.7 Å². The van der Waals surface area contributed by atoms with E-state index in [1.807, 2.05) is 6.92 Å². The van der Waals surface area contributed by atoms with Gasteiger partial charge < -0.3 is 11.1 Å².